The highest BCUT2D eigenvalue weighted by Crippen LogP contribution is 2.12. The maximum atomic E-state index is 11.9. The van der Waals surface area contributed by atoms with Gasteiger partial charge < -0.3 is 15.3 Å². The van der Waals surface area contributed by atoms with E-state index in [1.165, 1.54) is 0 Å². The summed E-state index contributed by atoms with van der Waals surface area (Å²) in [6.07, 6.45) is 2.90. The predicted molar refractivity (Wildman–Crippen MR) is 67.7 cm³/mol. The molecular weight excluding hydrogens is 224 g/mol. The van der Waals surface area contributed by atoms with E-state index in [4.69, 9.17) is 5.11 Å². The van der Waals surface area contributed by atoms with Gasteiger partial charge in [0.2, 0.25) is 5.91 Å². The second kappa shape index (κ2) is 7.92. The highest BCUT2D eigenvalue weighted by molar-refractivity contribution is 7.99. The SMILES string of the molecule is CNC1CCCN(CCSCCCO)C1=O. The third-order valence-corrected chi connectivity index (χ3v) is 3.88. The molecular formula is C11H22N2O2S. The van der Waals surface area contributed by atoms with Crippen molar-refractivity contribution in [1.29, 1.82) is 0 Å². The molecule has 0 aromatic carbocycles. The molecule has 5 heteroatoms. The van der Waals surface area contributed by atoms with Crippen LogP contribution in [0.5, 0.6) is 0 Å². The molecule has 0 aliphatic carbocycles. The summed E-state index contributed by atoms with van der Waals surface area (Å²) in [5.74, 6) is 2.20. The average Bonchev–Trinajstić information content (AvgIpc) is 2.31. The van der Waals surface area contributed by atoms with Crippen LogP contribution in [0.2, 0.25) is 0 Å². The van der Waals surface area contributed by atoms with Crippen LogP contribution in [0, 0.1) is 0 Å². The molecule has 1 aliphatic rings. The van der Waals surface area contributed by atoms with Gasteiger partial charge >= 0.3 is 0 Å². The lowest BCUT2D eigenvalue weighted by Gasteiger charge is -2.32. The molecule has 0 saturated carbocycles. The fourth-order valence-electron chi connectivity index (χ4n) is 1.87. The molecule has 2 N–H and O–H groups in total. The summed E-state index contributed by atoms with van der Waals surface area (Å²) in [6, 6.07) is 0.0243. The van der Waals surface area contributed by atoms with Crippen molar-refractivity contribution in [3.8, 4) is 0 Å². The number of aliphatic hydroxyl groups is 1. The van der Waals surface area contributed by atoms with E-state index in [0.717, 1.165) is 43.9 Å². The Labute approximate surface area is 102 Å². The number of amides is 1. The molecule has 0 aromatic rings. The van der Waals surface area contributed by atoms with Crippen molar-refractivity contribution in [1.82, 2.24) is 10.2 Å². The van der Waals surface area contributed by atoms with Crippen molar-refractivity contribution in [2.75, 3.05) is 38.2 Å². The Hall–Kier alpha value is -0.260. The lowest BCUT2D eigenvalue weighted by Crippen LogP contribution is -2.50. The molecule has 1 rings (SSSR count). The first-order valence-corrected chi connectivity index (χ1v) is 7.09. The molecule has 0 bridgehead atoms. The van der Waals surface area contributed by atoms with Crippen LogP contribution in [-0.2, 0) is 4.79 Å². The number of thioether (sulfide) groups is 1. The minimum atomic E-state index is 0.0243. The van der Waals surface area contributed by atoms with Gasteiger partial charge in [0.1, 0.15) is 0 Å². The molecule has 1 heterocycles. The Morgan fingerprint density at radius 3 is 3.06 bits per heavy atom. The maximum absolute atomic E-state index is 11.9. The Morgan fingerprint density at radius 1 is 1.56 bits per heavy atom. The maximum Gasteiger partial charge on any atom is 0.239 e. The van der Waals surface area contributed by atoms with Gasteiger partial charge in [0, 0.05) is 25.4 Å². The normalized spacial score (nSPS) is 21.5. The minimum Gasteiger partial charge on any atom is -0.396 e. The molecule has 1 aliphatic heterocycles. The molecule has 1 unspecified atom stereocenters. The first-order valence-electron chi connectivity index (χ1n) is 5.94. The van der Waals surface area contributed by atoms with E-state index in [9.17, 15) is 4.79 Å². The van der Waals surface area contributed by atoms with E-state index < -0.39 is 0 Å². The van der Waals surface area contributed by atoms with E-state index in [2.05, 4.69) is 5.32 Å². The van der Waals surface area contributed by atoms with Crippen LogP contribution >= 0.6 is 11.8 Å². The number of nitrogens with zero attached hydrogens (tertiary/aromatic N) is 1. The monoisotopic (exact) mass is 246 g/mol. The first-order chi connectivity index (χ1) is 7.79. The van der Waals surface area contributed by atoms with Gasteiger partial charge in [0.25, 0.3) is 0 Å². The van der Waals surface area contributed by atoms with Crippen LogP contribution in [-0.4, -0.2) is 60.2 Å². The van der Waals surface area contributed by atoms with Crippen LogP contribution in [0.3, 0.4) is 0 Å². The third kappa shape index (κ3) is 4.31. The standard InChI is InChI=1S/C11H22N2O2S/c1-12-10-4-2-5-13(11(10)15)6-9-16-8-3-7-14/h10,12,14H,2-9H2,1H3. The number of likely N-dealkylation sites (N-methyl/N-ethyl adjacent to an activating group) is 1. The van der Waals surface area contributed by atoms with E-state index in [0.29, 0.717) is 0 Å². The van der Waals surface area contributed by atoms with Gasteiger partial charge in [0.15, 0.2) is 0 Å². The number of carbonyl (C=O) groups excluding carboxylic acids is 1. The smallest absolute Gasteiger partial charge is 0.239 e. The number of likely N-dealkylation sites (tertiary alicyclic amines) is 1. The quantitative estimate of drug-likeness (QED) is 0.635. The summed E-state index contributed by atoms with van der Waals surface area (Å²) in [6.45, 7) is 2.00. The van der Waals surface area contributed by atoms with Gasteiger partial charge in [-0.1, -0.05) is 0 Å². The molecule has 0 spiro atoms. The van der Waals surface area contributed by atoms with E-state index >= 15 is 0 Å². The molecule has 4 nitrogen and oxygen atoms in total. The molecule has 0 radical (unpaired) electrons. The molecule has 1 atom stereocenters. The second-order valence-electron chi connectivity index (χ2n) is 4.00. The third-order valence-electron chi connectivity index (χ3n) is 2.83. The van der Waals surface area contributed by atoms with E-state index in [1.54, 1.807) is 0 Å². The second-order valence-corrected chi connectivity index (χ2v) is 5.22. The first kappa shape index (κ1) is 13.8. The molecule has 94 valence electrons. The number of nitrogens with one attached hydrogen (secondary N) is 1. The number of aliphatic hydroxyl groups excluding tert-OH is 1. The zero-order valence-corrected chi connectivity index (χ0v) is 10.8. The molecule has 1 saturated heterocycles. The lowest BCUT2D eigenvalue weighted by atomic mass is 10.1. The summed E-state index contributed by atoms with van der Waals surface area (Å²) in [5, 5.41) is 11.7. The summed E-state index contributed by atoms with van der Waals surface area (Å²) in [4.78, 5) is 13.8. The van der Waals surface area contributed by atoms with Crippen molar-refractivity contribution < 1.29 is 9.90 Å². The van der Waals surface area contributed by atoms with Gasteiger partial charge in [-0.3, -0.25) is 4.79 Å². The van der Waals surface area contributed by atoms with Crippen LogP contribution in [0.4, 0.5) is 0 Å². The zero-order valence-electron chi connectivity index (χ0n) is 9.95. The van der Waals surface area contributed by atoms with Gasteiger partial charge in [-0.05, 0) is 32.1 Å². The number of piperidine rings is 1. The predicted octanol–water partition coefficient (Wildman–Crippen LogP) is 0.312. The Kier molecular flexibility index (Phi) is 6.84. The van der Waals surface area contributed by atoms with Crippen molar-refractivity contribution in [2.24, 2.45) is 0 Å². The lowest BCUT2D eigenvalue weighted by molar-refractivity contribution is -0.135. The number of rotatable bonds is 7. The van der Waals surface area contributed by atoms with Gasteiger partial charge in [-0.2, -0.15) is 11.8 Å². The largest absolute Gasteiger partial charge is 0.396 e. The van der Waals surface area contributed by atoms with Crippen molar-refractivity contribution >= 4 is 17.7 Å². The summed E-state index contributed by atoms with van der Waals surface area (Å²) in [5.41, 5.74) is 0. The van der Waals surface area contributed by atoms with Crippen LogP contribution in [0.1, 0.15) is 19.3 Å². The van der Waals surface area contributed by atoms with Crippen LogP contribution < -0.4 is 5.32 Å². The Bertz CT molecular complexity index is 214. The summed E-state index contributed by atoms with van der Waals surface area (Å²) >= 11 is 1.81. The summed E-state index contributed by atoms with van der Waals surface area (Å²) in [7, 11) is 1.85. The topological polar surface area (TPSA) is 52.6 Å². The van der Waals surface area contributed by atoms with Crippen molar-refractivity contribution in [3.05, 3.63) is 0 Å². The highest BCUT2D eigenvalue weighted by atomic mass is 32.2. The van der Waals surface area contributed by atoms with E-state index in [1.807, 2.05) is 23.7 Å². The molecule has 1 fully saturated rings. The minimum absolute atomic E-state index is 0.0243. The number of carbonyl (C=O) groups is 1. The average molecular weight is 246 g/mol. The van der Waals surface area contributed by atoms with Crippen LogP contribution in [0.25, 0.3) is 0 Å². The van der Waals surface area contributed by atoms with Crippen molar-refractivity contribution in [2.45, 2.75) is 25.3 Å². The number of hydrogen-bond donors (Lipinski definition) is 2. The number of hydrogen-bond acceptors (Lipinski definition) is 4. The summed E-state index contributed by atoms with van der Waals surface area (Å²) < 4.78 is 0. The van der Waals surface area contributed by atoms with Gasteiger partial charge in [-0.15, -0.1) is 0 Å². The van der Waals surface area contributed by atoms with E-state index in [-0.39, 0.29) is 18.6 Å². The fourth-order valence-corrected chi connectivity index (χ4v) is 2.76. The Morgan fingerprint density at radius 2 is 2.38 bits per heavy atom. The molecule has 0 aromatic heterocycles. The van der Waals surface area contributed by atoms with Gasteiger partial charge in [-0.25, -0.2) is 0 Å². The van der Waals surface area contributed by atoms with Crippen molar-refractivity contribution in [3.63, 3.8) is 0 Å². The van der Waals surface area contributed by atoms with Crippen LogP contribution in [0.15, 0.2) is 0 Å². The highest BCUT2D eigenvalue weighted by Gasteiger charge is 2.26. The zero-order chi connectivity index (χ0) is 11.8. The molecule has 16 heavy (non-hydrogen) atoms. The fraction of sp³-hybridized carbons (Fsp3) is 0.909. The Balaban J connectivity index is 2.17. The molecule has 1 amide bonds. The van der Waals surface area contributed by atoms with Gasteiger partial charge in [0.05, 0.1) is 6.04 Å².